The lowest BCUT2D eigenvalue weighted by Gasteiger charge is -2.59. The van der Waals surface area contributed by atoms with Gasteiger partial charge in [0.05, 0.1) is 26.0 Å². The molecule has 3 saturated carbocycles. The van der Waals surface area contributed by atoms with Crippen LogP contribution in [0.5, 0.6) is 0 Å². The normalized spacial score (nSPS) is 34.6. The SMILES string of the molecule is COC(=O)[C@H](Cc1cnc[nH]1)NC(=O)CCC(=O)OCC(=O)[C@]1(O)CC[C@@H]2[C@@H]3CCC4=CC(=O)C=C[C@]4(C)[C@H]3[C@H](O)C[C@@]21C. The number of H-pyrrole nitrogens is 1. The number of esters is 2. The summed E-state index contributed by atoms with van der Waals surface area (Å²) in [6.07, 6.45) is 9.31. The lowest BCUT2D eigenvalue weighted by molar-refractivity contribution is -0.181. The minimum absolute atomic E-state index is 0.0295. The van der Waals surface area contributed by atoms with Crippen molar-refractivity contribution in [1.82, 2.24) is 15.3 Å². The maximum Gasteiger partial charge on any atom is 0.328 e. The fourth-order valence-corrected chi connectivity index (χ4v) is 8.56. The summed E-state index contributed by atoms with van der Waals surface area (Å²) >= 11 is 0. The standard InChI is InChI=1S/C32H41N3O9/c1-30-10-8-20(36)12-18(30)4-5-21-22-9-11-32(42,31(22,2)14-24(37)28(21)30)25(38)16-44-27(40)7-6-26(39)35-23(29(41)43-3)13-19-15-33-17-34-19/h8,10,12,15,17,21-24,28,37,42H,4-7,9,11,13-14,16H2,1-3H3,(H,33,34)(H,35,39)/t21-,22+,23-,24+,28+,30-,31-,32+/m0/s1. The van der Waals surface area contributed by atoms with Crippen molar-refractivity contribution in [3.05, 3.63) is 42.0 Å². The molecule has 0 unspecified atom stereocenters. The first-order valence-corrected chi connectivity index (χ1v) is 15.2. The van der Waals surface area contributed by atoms with Crippen molar-refractivity contribution in [2.45, 2.75) is 83.0 Å². The molecule has 0 bridgehead atoms. The summed E-state index contributed by atoms with van der Waals surface area (Å²) in [4.78, 5) is 69.3. The predicted molar refractivity (Wildman–Crippen MR) is 154 cm³/mol. The van der Waals surface area contributed by atoms with E-state index in [-0.39, 0.29) is 55.6 Å². The van der Waals surface area contributed by atoms with Crippen LogP contribution in [0.3, 0.4) is 0 Å². The highest BCUT2D eigenvalue weighted by Gasteiger charge is 2.68. The number of ketones is 2. The summed E-state index contributed by atoms with van der Waals surface area (Å²) < 4.78 is 9.95. The third-order valence-corrected chi connectivity index (χ3v) is 10.8. The van der Waals surface area contributed by atoms with Crippen molar-refractivity contribution in [3.8, 4) is 0 Å². The number of aromatic amines is 1. The number of fused-ring (bicyclic) bond motifs is 5. The number of ether oxygens (including phenoxy) is 2. The van der Waals surface area contributed by atoms with Gasteiger partial charge in [0, 0.05) is 41.5 Å². The zero-order chi connectivity index (χ0) is 31.9. The van der Waals surface area contributed by atoms with Crippen LogP contribution in [0.25, 0.3) is 0 Å². The van der Waals surface area contributed by atoms with Gasteiger partial charge in [-0.1, -0.05) is 25.5 Å². The van der Waals surface area contributed by atoms with E-state index in [4.69, 9.17) is 9.47 Å². The zero-order valence-electron chi connectivity index (χ0n) is 25.3. The molecule has 0 radical (unpaired) electrons. The van der Waals surface area contributed by atoms with Gasteiger partial charge in [-0.2, -0.15) is 0 Å². The van der Waals surface area contributed by atoms with Crippen molar-refractivity contribution >= 4 is 29.4 Å². The van der Waals surface area contributed by atoms with Gasteiger partial charge < -0.3 is 30.0 Å². The molecule has 4 aliphatic rings. The Morgan fingerprint density at radius 1 is 1.20 bits per heavy atom. The molecule has 1 heterocycles. The van der Waals surface area contributed by atoms with Crippen LogP contribution in [-0.2, 0) is 39.9 Å². The first kappa shape index (κ1) is 31.8. The smallest absolute Gasteiger partial charge is 0.328 e. The highest BCUT2D eigenvalue weighted by atomic mass is 16.5. The Morgan fingerprint density at radius 3 is 2.68 bits per heavy atom. The van der Waals surface area contributed by atoms with Crippen molar-refractivity contribution in [3.63, 3.8) is 0 Å². The second-order valence-corrected chi connectivity index (χ2v) is 13.1. The third-order valence-electron chi connectivity index (χ3n) is 10.8. The van der Waals surface area contributed by atoms with Crippen LogP contribution in [-0.4, -0.2) is 81.1 Å². The topological polar surface area (TPSA) is 185 Å². The summed E-state index contributed by atoms with van der Waals surface area (Å²) in [6, 6.07) is -0.979. The van der Waals surface area contributed by atoms with Gasteiger partial charge in [-0.15, -0.1) is 0 Å². The fourth-order valence-electron chi connectivity index (χ4n) is 8.56. The van der Waals surface area contributed by atoms with Gasteiger partial charge >= 0.3 is 11.9 Å². The molecule has 4 aliphatic carbocycles. The summed E-state index contributed by atoms with van der Waals surface area (Å²) in [5.41, 5.74) is -1.52. The number of aliphatic hydroxyl groups is 2. The largest absolute Gasteiger partial charge is 0.467 e. The van der Waals surface area contributed by atoms with E-state index >= 15 is 0 Å². The molecular formula is C32H41N3O9. The highest BCUT2D eigenvalue weighted by molar-refractivity contribution is 6.01. The average Bonchev–Trinajstić information content (AvgIpc) is 3.60. The molecule has 3 fully saturated rings. The van der Waals surface area contributed by atoms with E-state index in [9.17, 15) is 34.2 Å². The van der Waals surface area contributed by atoms with E-state index < -0.39 is 58.8 Å². The number of aromatic nitrogens is 2. The fraction of sp³-hybridized carbons (Fsp3) is 0.625. The Kier molecular flexibility index (Phi) is 8.69. The van der Waals surface area contributed by atoms with Gasteiger partial charge in [0.25, 0.3) is 0 Å². The maximum absolute atomic E-state index is 13.5. The molecule has 8 atom stereocenters. The van der Waals surface area contributed by atoms with Crippen LogP contribution >= 0.6 is 0 Å². The molecule has 44 heavy (non-hydrogen) atoms. The first-order valence-electron chi connectivity index (χ1n) is 15.2. The Bertz CT molecular complexity index is 1390. The van der Waals surface area contributed by atoms with Crippen molar-refractivity contribution in [1.29, 1.82) is 0 Å². The summed E-state index contributed by atoms with van der Waals surface area (Å²) in [6.45, 7) is 3.26. The molecule has 1 aromatic rings. The molecule has 0 aromatic carbocycles. The van der Waals surface area contributed by atoms with Crippen LogP contribution in [0, 0.1) is 28.6 Å². The minimum Gasteiger partial charge on any atom is -0.467 e. The van der Waals surface area contributed by atoms with Gasteiger partial charge in [-0.3, -0.25) is 19.2 Å². The van der Waals surface area contributed by atoms with E-state index in [2.05, 4.69) is 22.2 Å². The third kappa shape index (κ3) is 5.53. The number of allylic oxidation sites excluding steroid dienone is 4. The number of aliphatic hydroxyl groups excluding tert-OH is 1. The summed E-state index contributed by atoms with van der Waals surface area (Å²) in [5, 5.41) is 25.9. The van der Waals surface area contributed by atoms with Crippen molar-refractivity contribution < 1.29 is 43.7 Å². The van der Waals surface area contributed by atoms with Crippen LogP contribution in [0.15, 0.2) is 36.3 Å². The Labute approximate surface area is 255 Å². The van der Waals surface area contributed by atoms with Gasteiger partial charge in [0.2, 0.25) is 11.7 Å². The lowest BCUT2D eigenvalue weighted by Crippen LogP contribution is -2.61. The van der Waals surface area contributed by atoms with E-state index in [1.54, 1.807) is 12.2 Å². The van der Waals surface area contributed by atoms with E-state index in [1.165, 1.54) is 19.6 Å². The molecule has 238 valence electrons. The number of imidazole rings is 1. The van der Waals surface area contributed by atoms with Crippen LogP contribution in [0.2, 0.25) is 0 Å². The molecule has 0 aliphatic heterocycles. The molecule has 4 N–H and O–H groups in total. The molecule has 0 spiro atoms. The Hall–Kier alpha value is -3.64. The molecule has 12 nitrogen and oxygen atoms in total. The molecule has 5 rings (SSSR count). The second kappa shape index (κ2) is 12.0. The quantitative estimate of drug-likeness (QED) is 0.283. The van der Waals surface area contributed by atoms with E-state index in [0.717, 1.165) is 12.0 Å². The number of amides is 1. The van der Waals surface area contributed by atoms with Gasteiger partial charge in [0.15, 0.2) is 12.4 Å². The number of carbonyl (C=O) groups is 5. The lowest BCUT2D eigenvalue weighted by atomic mass is 9.46. The van der Waals surface area contributed by atoms with Gasteiger partial charge in [0.1, 0.15) is 11.6 Å². The van der Waals surface area contributed by atoms with E-state index in [1.807, 2.05) is 13.0 Å². The molecule has 1 amide bonds. The molecule has 12 heteroatoms. The number of hydrogen-bond acceptors (Lipinski definition) is 10. The number of rotatable bonds is 10. The maximum atomic E-state index is 13.5. The monoisotopic (exact) mass is 611 g/mol. The number of nitrogens with one attached hydrogen (secondary N) is 2. The number of nitrogens with zero attached hydrogens (tertiary/aromatic N) is 1. The van der Waals surface area contributed by atoms with Crippen LogP contribution in [0.4, 0.5) is 0 Å². The van der Waals surface area contributed by atoms with Crippen molar-refractivity contribution in [2.75, 3.05) is 13.7 Å². The first-order chi connectivity index (χ1) is 20.8. The van der Waals surface area contributed by atoms with Crippen LogP contribution < -0.4 is 5.32 Å². The Balaban J connectivity index is 1.17. The average molecular weight is 612 g/mol. The zero-order valence-corrected chi connectivity index (χ0v) is 25.3. The summed E-state index contributed by atoms with van der Waals surface area (Å²) in [5.74, 6) is -2.80. The number of hydrogen-bond donors (Lipinski definition) is 4. The number of Topliss-reactive ketones (excluding diaryl/α,β-unsaturated/α-hetero) is 1. The van der Waals surface area contributed by atoms with Crippen LogP contribution in [0.1, 0.15) is 64.5 Å². The second-order valence-electron chi connectivity index (χ2n) is 13.1. The molecular weight excluding hydrogens is 570 g/mol. The van der Waals surface area contributed by atoms with Crippen molar-refractivity contribution in [2.24, 2.45) is 28.6 Å². The van der Waals surface area contributed by atoms with E-state index in [0.29, 0.717) is 18.5 Å². The summed E-state index contributed by atoms with van der Waals surface area (Å²) in [7, 11) is 1.20. The Morgan fingerprint density at radius 2 is 1.98 bits per heavy atom. The minimum atomic E-state index is -1.78. The van der Waals surface area contributed by atoms with Gasteiger partial charge in [-0.05, 0) is 56.1 Å². The molecule has 1 aromatic heterocycles. The predicted octanol–water partition coefficient (Wildman–Crippen LogP) is 1.51. The molecule has 0 saturated heterocycles. The van der Waals surface area contributed by atoms with Gasteiger partial charge in [-0.25, -0.2) is 9.78 Å². The number of methoxy groups -OCH3 is 1. The number of carbonyl (C=O) groups excluding carboxylic acids is 5. The highest BCUT2D eigenvalue weighted by Crippen LogP contribution is 2.67.